The maximum absolute atomic E-state index is 12.6. The molecular formula is C7H11F4NO. The Morgan fingerprint density at radius 2 is 1.85 bits per heavy atom. The summed E-state index contributed by atoms with van der Waals surface area (Å²) in [7, 11) is 0. The van der Waals surface area contributed by atoms with E-state index in [1.807, 2.05) is 0 Å². The van der Waals surface area contributed by atoms with Crippen molar-refractivity contribution in [3.05, 3.63) is 0 Å². The van der Waals surface area contributed by atoms with E-state index in [1.165, 1.54) is 5.32 Å². The molecular weight excluding hydrogens is 190 g/mol. The summed E-state index contributed by atoms with van der Waals surface area (Å²) in [4.78, 5) is 10.2. The summed E-state index contributed by atoms with van der Waals surface area (Å²) in [6.45, 7) is 3.29. The Hall–Kier alpha value is -0.810. The third-order valence-corrected chi connectivity index (χ3v) is 1.22. The predicted octanol–water partition coefficient (Wildman–Crippen LogP) is 2.01. The van der Waals surface area contributed by atoms with Gasteiger partial charge in [0.25, 0.3) is 0 Å². The molecule has 0 saturated heterocycles. The molecule has 0 radical (unpaired) electrons. The lowest BCUT2D eigenvalue weighted by Gasteiger charge is -2.13. The molecule has 0 aliphatic heterocycles. The number of nitrogens with one attached hydrogen (secondary N) is 1. The second-order valence-corrected chi connectivity index (χ2v) is 3.07. The molecule has 0 fully saturated rings. The minimum Gasteiger partial charge on any atom is -0.319 e. The van der Waals surface area contributed by atoms with E-state index in [9.17, 15) is 22.4 Å². The molecule has 1 amide bonds. The van der Waals surface area contributed by atoms with Crippen LogP contribution in [0.15, 0.2) is 0 Å². The third kappa shape index (κ3) is 5.43. The minimum atomic E-state index is -5.01. The number of carbonyl (C=O) groups excluding carboxylic acids is 1. The zero-order chi connectivity index (χ0) is 10.6. The van der Waals surface area contributed by atoms with Crippen LogP contribution in [-0.2, 0) is 4.79 Å². The first-order valence-corrected chi connectivity index (χ1v) is 3.75. The van der Waals surface area contributed by atoms with Crippen LogP contribution in [0.2, 0.25) is 0 Å². The van der Waals surface area contributed by atoms with Crippen LogP contribution in [0.4, 0.5) is 17.6 Å². The summed E-state index contributed by atoms with van der Waals surface area (Å²) in [5, 5.41) is 1.22. The van der Waals surface area contributed by atoms with Crippen molar-refractivity contribution in [2.45, 2.75) is 32.7 Å². The molecule has 0 aliphatic carbocycles. The molecule has 0 aliphatic rings. The van der Waals surface area contributed by atoms with Gasteiger partial charge in [0.15, 0.2) is 6.30 Å². The number of amides is 1. The van der Waals surface area contributed by atoms with E-state index < -0.39 is 18.4 Å². The molecule has 0 aromatic carbocycles. The molecule has 1 atom stereocenters. The molecule has 1 N–H and O–H groups in total. The maximum atomic E-state index is 12.6. The molecule has 0 saturated carbocycles. The highest BCUT2D eigenvalue weighted by Gasteiger charge is 2.39. The van der Waals surface area contributed by atoms with E-state index in [0.29, 0.717) is 0 Å². The summed E-state index contributed by atoms with van der Waals surface area (Å²) in [6, 6.07) is 0. The Kier molecular flexibility index (Phi) is 4.16. The van der Waals surface area contributed by atoms with E-state index in [-0.39, 0.29) is 12.3 Å². The quantitative estimate of drug-likeness (QED) is 0.549. The van der Waals surface area contributed by atoms with Crippen LogP contribution < -0.4 is 5.32 Å². The van der Waals surface area contributed by atoms with Gasteiger partial charge in [-0.3, -0.25) is 4.79 Å². The van der Waals surface area contributed by atoms with E-state index in [2.05, 4.69) is 0 Å². The van der Waals surface area contributed by atoms with Crippen LogP contribution in [0.5, 0.6) is 0 Å². The molecule has 0 bridgehead atoms. The maximum Gasteiger partial charge on any atom is 0.471 e. The fourth-order valence-electron chi connectivity index (χ4n) is 0.697. The van der Waals surface area contributed by atoms with Crippen molar-refractivity contribution in [1.29, 1.82) is 0 Å². The number of halogens is 4. The highest BCUT2D eigenvalue weighted by atomic mass is 19.4. The first-order chi connectivity index (χ1) is 5.73. The summed E-state index contributed by atoms with van der Waals surface area (Å²) in [5.74, 6) is -2.34. The van der Waals surface area contributed by atoms with Gasteiger partial charge in [-0.25, -0.2) is 4.39 Å². The monoisotopic (exact) mass is 201 g/mol. The summed E-state index contributed by atoms with van der Waals surface area (Å²) in [5.41, 5.74) is 0. The SMILES string of the molecule is CC(C)CC(F)NC(=O)C(F)(F)F. The van der Waals surface area contributed by atoms with Gasteiger partial charge in [0.2, 0.25) is 0 Å². The van der Waals surface area contributed by atoms with Crippen LogP contribution in [0, 0.1) is 5.92 Å². The first kappa shape index (κ1) is 12.2. The van der Waals surface area contributed by atoms with Gasteiger partial charge in [0, 0.05) is 0 Å². The normalized spacial score (nSPS) is 14.4. The minimum absolute atomic E-state index is 0.108. The molecule has 0 aromatic heterocycles. The highest BCUT2D eigenvalue weighted by molar-refractivity contribution is 5.81. The molecule has 0 aromatic rings. The highest BCUT2D eigenvalue weighted by Crippen LogP contribution is 2.15. The van der Waals surface area contributed by atoms with Crippen molar-refractivity contribution < 1.29 is 22.4 Å². The average molecular weight is 201 g/mol. The lowest BCUT2D eigenvalue weighted by atomic mass is 10.1. The topological polar surface area (TPSA) is 29.1 Å². The zero-order valence-corrected chi connectivity index (χ0v) is 7.28. The molecule has 0 heterocycles. The Balaban J connectivity index is 3.93. The molecule has 6 heteroatoms. The van der Waals surface area contributed by atoms with Crippen LogP contribution >= 0.6 is 0 Å². The van der Waals surface area contributed by atoms with Gasteiger partial charge in [-0.15, -0.1) is 0 Å². The van der Waals surface area contributed by atoms with Crippen LogP contribution in [0.1, 0.15) is 20.3 Å². The standard InChI is InChI=1S/C7H11F4NO/c1-4(2)3-5(8)12-6(13)7(9,10)11/h4-5H,3H2,1-2H3,(H,12,13). The van der Waals surface area contributed by atoms with Crippen LogP contribution in [0.25, 0.3) is 0 Å². The second-order valence-electron chi connectivity index (χ2n) is 3.07. The van der Waals surface area contributed by atoms with Gasteiger partial charge >= 0.3 is 12.1 Å². The zero-order valence-electron chi connectivity index (χ0n) is 7.28. The van der Waals surface area contributed by atoms with Crippen molar-refractivity contribution in [1.82, 2.24) is 5.32 Å². The summed E-state index contributed by atoms with van der Waals surface area (Å²) < 4.78 is 47.3. The Morgan fingerprint density at radius 1 is 1.38 bits per heavy atom. The van der Waals surface area contributed by atoms with Gasteiger partial charge < -0.3 is 5.32 Å². The third-order valence-electron chi connectivity index (χ3n) is 1.22. The lowest BCUT2D eigenvalue weighted by molar-refractivity contribution is -0.175. The summed E-state index contributed by atoms with van der Waals surface area (Å²) in [6.07, 6.45) is -7.07. The molecule has 0 rings (SSSR count). The second kappa shape index (κ2) is 4.43. The largest absolute Gasteiger partial charge is 0.471 e. The number of carbonyl (C=O) groups is 1. The average Bonchev–Trinajstić information content (AvgIpc) is 1.82. The van der Waals surface area contributed by atoms with Crippen molar-refractivity contribution in [2.24, 2.45) is 5.92 Å². The van der Waals surface area contributed by atoms with Crippen molar-refractivity contribution in [3.8, 4) is 0 Å². The van der Waals surface area contributed by atoms with Gasteiger partial charge in [0.1, 0.15) is 0 Å². The number of hydrogen-bond acceptors (Lipinski definition) is 1. The van der Waals surface area contributed by atoms with Gasteiger partial charge in [0.05, 0.1) is 0 Å². The van der Waals surface area contributed by atoms with E-state index in [0.717, 1.165) is 0 Å². The van der Waals surface area contributed by atoms with E-state index in [1.54, 1.807) is 13.8 Å². The first-order valence-electron chi connectivity index (χ1n) is 3.75. The van der Waals surface area contributed by atoms with Gasteiger partial charge in [-0.2, -0.15) is 13.2 Å². The molecule has 78 valence electrons. The Bertz CT molecular complexity index is 178. The number of rotatable bonds is 3. The summed E-state index contributed by atoms with van der Waals surface area (Å²) >= 11 is 0. The molecule has 2 nitrogen and oxygen atoms in total. The Labute approximate surface area is 73.3 Å². The molecule has 1 unspecified atom stereocenters. The van der Waals surface area contributed by atoms with Crippen LogP contribution in [0.3, 0.4) is 0 Å². The lowest BCUT2D eigenvalue weighted by Crippen LogP contribution is -2.41. The van der Waals surface area contributed by atoms with Gasteiger partial charge in [-0.05, 0) is 12.3 Å². The number of hydrogen-bond donors (Lipinski definition) is 1. The van der Waals surface area contributed by atoms with Crippen LogP contribution in [-0.4, -0.2) is 18.4 Å². The van der Waals surface area contributed by atoms with Gasteiger partial charge in [-0.1, -0.05) is 13.8 Å². The van der Waals surface area contributed by atoms with Crippen molar-refractivity contribution in [2.75, 3.05) is 0 Å². The van der Waals surface area contributed by atoms with Crippen molar-refractivity contribution >= 4 is 5.91 Å². The van der Waals surface area contributed by atoms with E-state index in [4.69, 9.17) is 0 Å². The van der Waals surface area contributed by atoms with E-state index >= 15 is 0 Å². The Morgan fingerprint density at radius 3 is 2.15 bits per heavy atom. The molecule has 0 spiro atoms. The smallest absolute Gasteiger partial charge is 0.319 e. The molecule has 13 heavy (non-hydrogen) atoms. The number of alkyl halides is 4. The fourth-order valence-corrected chi connectivity index (χ4v) is 0.697. The van der Waals surface area contributed by atoms with Crippen molar-refractivity contribution in [3.63, 3.8) is 0 Å². The predicted molar refractivity (Wildman–Crippen MR) is 38.5 cm³/mol. The fraction of sp³-hybridized carbons (Fsp3) is 0.857.